The number of H-pyrrole nitrogens is 1. The van der Waals surface area contributed by atoms with Crippen LogP contribution in [0.15, 0.2) is 23.2 Å². The van der Waals surface area contributed by atoms with Crippen LogP contribution in [0.1, 0.15) is 5.56 Å². The van der Waals surface area contributed by atoms with Crippen molar-refractivity contribution >= 4 is 47.8 Å². The summed E-state index contributed by atoms with van der Waals surface area (Å²) >= 11 is 0. The normalized spacial score (nSPS) is 13.3. The summed E-state index contributed by atoms with van der Waals surface area (Å²) < 4.78 is 0. The molecule has 1 aliphatic rings. The number of halogens is 2. The third-order valence-electron chi connectivity index (χ3n) is 2.63. The molecule has 2 aromatic rings. The van der Waals surface area contributed by atoms with E-state index in [0.717, 1.165) is 36.0 Å². The summed E-state index contributed by atoms with van der Waals surface area (Å²) in [6, 6.07) is 6.09. The maximum atomic E-state index is 4.49. The van der Waals surface area contributed by atoms with Crippen molar-refractivity contribution in [2.45, 2.75) is 6.92 Å². The lowest BCUT2D eigenvalue weighted by atomic mass is 10.2. The number of hydrogen-bond donors (Lipinski definition) is 3. The minimum absolute atomic E-state index is 0. The lowest BCUT2D eigenvalue weighted by molar-refractivity contribution is 0.958. The van der Waals surface area contributed by atoms with Gasteiger partial charge in [0.05, 0.1) is 17.6 Å². The minimum Gasteiger partial charge on any atom is -0.354 e. The molecule has 0 aliphatic carbocycles. The molecule has 0 saturated carbocycles. The van der Waals surface area contributed by atoms with Gasteiger partial charge in [-0.2, -0.15) is 0 Å². The van der Waals surface area contributed by atoms with Crippen molar-refractivity contribution in [1.29, 1.82) is 0 Å². The predicted molar refractivity (Wildman–Crippen MR) is 79.3 cm³/mol. The number of para-hydroxylation sites is 1. The molecule has 0 unspecified atom stereocenters. The van der Waals surface area contributed by atoms with Gasteiger partial charge in [-0.25, -0.2) is 4.98 Å². The van der Waals surface area contributed by atoms with Crippen molar-refractivity contribution in [2.24, 2.45) is 4.99 Å². The van der Waals surface area contributed by atoms with E-state index < -0.39 is 0 Å². The van der Waals surface area contributed by atoms with Crippen molar-refractivity contribution in [3.8, 4) is 0 Å². The van der Waals surface area contributed by atoms with E-state index in [-0.39, 0.29) is 24.8 Å². The second-order valence-corrected chi connectivity index (χ2v) is 3.84. The summed E-state index contributed by atoms with van der Waals surface area (Å²) in [6.45, 7) is 3.77. The van der Waals surface area contributed by atoms with Crippen LogP contribution < -0.4 is 10.6 Å². The van der Waals surface area contributed by atoms with Crippen LogP contribution >= 0.6 is 24.8 Å². The molecule has 5 nitrogen and oxygen atoms in total. The smallest absolute Gasteiger partial charge is 0.208 e. The van der Waals surface area contributed by atoms with E-state index in [1.165, 1.54) is 5.56 Å². The maximum Gasteiger partial charge on any atom is 0.208 e. The first kappa shape index (κ1) is 14.6. The molecule has 0 saturated heterocycles. The first-order chi connectivity index (χ1) is 7.83. The highest BCUT2D eigenvalue weighted by Gasteiger charge is 2.08. The Morgan fingerprint density at radius 1 is 1.28 bits per heavy atom. The third kappa shape index (κ3) is 2.68. The summed E-state index contributed by atoms with van der Waals surface area (Å²) in [5, 5.41) is 6.27. The number of guanidine groups is 1. The van der Waals surface area contributed by atoms with Gasteiger partial charge in [0, 0.05) is 6.54 Å². The average molecular weight is 288 g/mol. The van der Waals surface area contributed by atoms with E-state index in [1.54, 1.807) is 0 Å². The third-order valence-corrected chi connectivity index (χ3v) is 2.63. The Morgan fingerprint density at radius 2 is 2.11 bits per heavy atom. The van der Waals surface area contributed by atoms with Crippen molar-refractivity contribution in [3.05, 3.63) is 23.8 Å². The molecule has 18 heavy (non-hydrogen) atoms. The van der Waals surface area contributed by atoms with Gasteiger partial charge in [-0.05, 0) is 18.6 Å². The molecule has 3 rings (SSSR count). The molecule has 0 amide bonds. The zero-order chi connectivity index (χ0) is 11.0. The van der Waals surface area contributed by atoms with E-state index >= 15 is 0 Å². The Hall–Kier alpha value is -1.46. The molecule has 1 aliphatic heterocycles. The number of aryl methyl sites for hydroxylation is 1. The summed E-state index contributed by atoms with van der Waals surface area (Å²) in [4.78, 5) is 12.0. The molecule has 2 heterocycles. The van der Waals surface area contributed by atoms with Crippen LogP contribution in [0, 0.1) is 6.92 Å². The number of fused-ring (bicyclic) bond motifs is 1. The van der Waals surface area contributed by atoms with Crippen molar-refractivity contribution in [3.63, 3.8) is 0 Å². The van der Waals surface area contributed by atoms with Crippen LogP contribution in [0.25, 0.3) is 11.0 Å². The van der Waals surface area contributed by atoms with E-state index in [0.29, 0.717) is 0 Å². The Morgan fingerprint density at radius 3 is 2.78 bits per heavy atom. The summed E-state index contributed by atoms with van der Waals surface area (Å²) in [5.74, 6) is 1.52. The summed E-state index contributed by atoms with van der Waals surface area (Å²) in [6.07, 6.45) is 0. The fraction of sp³-hybridized carbons (Fsp3) is 0.273. The van der Waals surface area contributed by atoms with Crippen molar-refractivity contribution in [1.82, 2.24) is 15.3 Å². The first-order valence-electron chi connectivity index (χ1n) is 5.33. The van der Waals surface area contributed by atoms with E-state index in [2.05, 4.69) is 38.6 Å². The molecule has 1 aromatic carbocycles. The number of rotatable bonds is 1. The Bertz CT molecular complexity index is 564. The number of anilines is 1. The molecule has 0 fully saturated rings. The molecule has 3 N–H and O–H groups in total. The Labute approximate surface area is 117 Å². The molecular formula is C11H15Cl2N5. The molecule has 0 radical (unpaired) electrons. The standard InChI is InChI=1S/C11H13N5.2ClH/c1-7-3-2-4-8-9(7)15-11(14-8)16-10-12-5-6-13-10;;/h2-4H,5-6H2,1H3,(H3,12,13,14,15,16);2*1H. The van der Waals surface area contributed by atoms with Crippen LogP contribution in [0.4, 0.5) is 5.95 Å². The fourth-order valence-electron chi connectivity index (χ4n) is 1.83. The minimum atomic E-state index is 0. The number of imidazole rings is 1. The van der Waals surface area contributed by atoms with Gasteiger partial charge in [0.25, 0.3) is 0 Å². The molecule has 1 aromatic heterocycles. The van der Waals surface area contributed by atoms with E-state index in [4.69, 9.17) is 0 Å². The summed E-state index contributed by atoms with van der Waals surface area (Å²) in [5.41, 5.74) is 3.22. The SMILES string of the molecule is Cc1cccc2[nH]c(NC3=NCCN3)nc12.Cl.Cl. The van der Waals surface area contributed by atoms with Gasteiger partial charge >= 0.3 is 0 Å². The van der Waals surface area contributed by atoms with Crippen molar-refractivity contribution in [2.75, 3.05) is 18.4 Å². The zero-order valence-corrected chi connectivity index (χ0v) is 11.5. The van der Waals surface area contributed by atoms with Crippen LogP contribution in [0.3, 0.4) is 0 Å². The van der Waals surface area contributed by atoms with Crippen molar-refractivity contribution < 1.29 is 0 Å². The quantitative estimate of drug-likeness (QED) is 0.753. The fourth-order valence-corrected chi connectivity index (χ4v) is 1.83. The molecule has 0 bridgehead atoms. The van der Waals surface area contributed by atoms with Gasteiger partial charge in [0.15, 0.2) is 5.96 Å². The van der Waals surface area contributed by atoms with Gasteiger partial charge < -0.3 is 10.3 Å². The largest absolute Gasteiger partial charge is 0.354 e. The highest BCUT2D eigenvalue weighted by Crippen LogP contribution is 2.17. The number of aromatic amines is 1. The molecule has 7 heteroatoms. The molecular weight excluding hydrogens is 273 g/mol. The van der Waals surface area contributed by atoms with Gasteiger partial charge in [0.2, 0.25) is 5.95 Å². The van der Waals surface area contributed by atoms with Crippen LogP contribution in [0.2, 0.25) is 0 Å². The lowest BCUT2D eigenvalue weighted by Gasteiger charge is -2.01. The van der Waals surface area contributed by atoms with Gasteiger partial charge in [0.1, 0.15) is 0 Å². The number of nitrogens with one attached hydrogen (secondary N) is 3. The lowest BCUT2D eigenvalue weighted by Crippen LogP contribution is -2.26. The number of aromatic nitrogens is 2. The molecule has 98 valence electrons. The molecule has 0 spiro atoms. The number of benzene rings is 1. The predicted octanol–water partition coefficient (Wildman–Crippen LogP) is 2.09. The monoisotopic (exact) mass is 287 g/mol. The van der Waals surface area contributed by atoms with Crippen LogP contribution in [-0.4, -0.2) is 29.0 Å². The number of hydrogen-bond acceptors (Lipinski definition) is 4. The van der Waals surface area contributed by atoms with Crippen LogP contribution in [-0.2, 0) is 0 Å². The maximum absolute atomic E-state index is 4.49. The Balaban J connectivity index is 0.000000810. The number of aliphatic imine (C=N–C) groups is 1. The Kier molecular flexibility index (Phi) is 4.81. The second kappa shape index (κ2) is 5.93. The topological polar surface area (TPSA) is 65.1 Å². The highest BCUT2D eigenvalue weighted by atomic mass is 35.5. The first-order valence-corrected chi connectivity index (χ1v) is 5.33. The van der Waals surface area contributed by atoms with Gasteiger partial charge in [-0.1, -0.05) is 12.1 Å². The summed E-state index contributed by atoms with van der Waals surface area (Å²) in [7, 11) is 0. The van der Waals surface area contributed by atoms with E-state index in [1.807, 2.05) is 12.1 Å². The van der Waals surface area contributed by atoms with Crippen LogP contribution in [0.5, 0.6) is 0 Å². The molecule has 0 atom stereocenters. The van der Waals surface area contributed by atoms with E-state index in [9.17, 15) is 0 Å². The van der Waals surface area contributed by atoms with Gasteiger partial charge in [-0.15, -0.1) is 24.8 Å². The van der Waals surface area contributed by atoms with Gasteiger partial charge in [-0.3, -0.25) is 10.3 Å². The number of nitrogens with zero attached hydrogens (tertiary/aromatic N) is 2. The average Bonchev–Trinajstić information content (AvgIpc) is 2.88. The second-order valence-electron chi connectivity index (χ2n) is 3.84. The zero-order valence-electron chi connectivity index (χ0n) is 9.86. The highest BCUT2D eigenvalue weighted by molar-refractivity contribution is 5.94.